The topological polar surface area (TPSA) is 72.0 Å². The van der Waals surface area contributed by atoms with E-state index < -0.39 is 5.60 Å². The van der Waals surface area contributed by atoms with Crippen molar-refractivity contribution >= 4 is 23.1 Å². The number of thioether (sulfide) groups is 1. The van der Waals surface area contributed by atoms with Crippen molar-refractivity contribution in [1.82, 2.24) is 10.2 Å². The van der Waals surface area contributed by atoms with E-state index in [1.807, 2.05) is 30.3 Å². The van der Waals surface area contributed by atoms with E-state index in [-0.39, 0.29) is 6.54 Å². The number of rotatable bonds is 5. The van der Waals surface area contributed by atoms with Crippen molar-refractivity contribution in [3.05, 3.63) is 41.4 Å². The Balaban J connectivity index is 2.09. The third kappa shape index (κ3) is 3.04. The first-order chi connectivity index (χ1) is 8.24. The second kappa shape index (κ2) is 5.59. The Hall–Kier alpha value is -0.950. The molecule has 0 aliphatic rings. The Kier molecular flexibility index (Phi) is 4.11. The molecule has 0 amide bonds. The Morgan fingerprint density at radius 2 is 2.12 bits per heavy atom. The van der Waals surface area contributed by atoms with E-state index in [1.165, 1.54) is 23.1 Å². The van der Waals surface area contributed by atoms with Crippen LogP contribution in [-0.4, -0.2) is 27.6 Å². The number of nitrogens with two attached hydrogens (primary N) is 1. The average molecular weight is 267 g/mol. The smallest absolute Gasteiger partial charge is 0.174 e. The molecule has 0 saturated carbocycles. The summed E-state index contributed by atoms with van der Waals surface area (Å²) in [5, 5.41) is 18.2. The number of aliphatic hydroxyl groups is 1. The molecule has 90 valence electrons. The summed E-state index contributed by atoms with van der Waals surface area (Å²) in [6.45, 7) is 0.183. The molecule has 0 bridgehead atoms. The molecule has 1 aromatic heterocycles. The van der Waals surface area contributed by atoms with E-state index in [0.717, 1.165) is 9.90 Å². The van der Waals surface area contributed by atoms with Gasteiger partial charge < -0.3 is 10.8 Å². The maximum absolute atomic E-state index is 10.5. The van der Waals surface area contributed by atoms with Crippen LogP contribution in [0.15, 0.2) is 40.2 Å². The van der Waals surface area contributed by atoms with E-state index >= 15 is 0 Å². The third-order valence-corrected chi connectivity index (χ3v) is 4.50. The Labute approximate surface area is 108 Å². The van der Waals surface area contributed by atoms with Crippen LogP contribution in [0.25, 0.3) is 0 Å². The molecule has 4 nitrogen and oxygen atoms in total. The van der Waals surface area contributed by atoms with Gasteiger partial charge in [-0.25, -0.2) is 0 Å². The summed E-state index contributed by atoms with van der Waals surface area (Å²) in [6.07, 6.45) is 0. The highest BCUT2D eigenvalue weighted by Crippen LogP contribution is 2.29. The van der Waals surface area contributed by atoms with Gasteiger partial charge in [0, 0.05) is 12.3 Å². The van der Waals surface area contributed by atoms with Crippen molar-refractivity contribution < 1.29 is 5.11 Å². The van der Waals surface area contributed by atoms with Crippen LogP contribution < -0.4 is 5.73 Å². The molecule has 1 aromatic carbocycles. The van der Waals surface area contributed by atoms with Gasteiger partial charge in [-0.1, -0.05) is 53.4 Å². The second-order valence-electron chi connectivity index (χ2n) is 3.60. The first kappa shape index (κ1) is 12.5. The van der Waals surface area contributed by atoms with Crippen molar-refractivity contribution in [2.24, 2.45) is 5.73 Å². The van der Waals surface area contributed by atoms with Gasteiger partial charge in [-0.15, -0.1) is 10.2 Å². The first-order valence-electron chi connectivity index (χ1n) is 5.11. The fourth-order valence-electron chi connectivity index (χ4n) is 1.42. The lowest BCUT2D eigenvalue weighted by Gasteiger charge is -2.26. The molecule has 2 rings (SSSR count). The second-order valence-corrected chi connectivity index (χ2v) is 5.65. The van der Waals surface area contributed by atoms with Gasteiger partial charge in [-0.05, 0) is 5.56 Å². The average Bonchev–Trinajstić information content (AvgIpc) is 2.90. The molecule has 2 aromatic rings. The van der Waals surface area contributed by atoms with Gasteiger partial charge in [0.2, 0.25) is 0 Å². The highest BCUT2D eigenvalue weighted by Gasteiger charge is 2.28. The minimum absolute atomic E-state index is 0.183. The number of nitrogens with zero attached hydrogens (tertiary/aromatic N) is 2. The number of hydrogen-bond acceptors (Lipinski definition) is 6. The summed E-state index contributed by atoms with van der Waals surface area (Å²) < 4.78 is 0.841. The highest BCUT2D eigenvalue weighted by molar-refractivity contribution is 8.01. The van der Waals surface area contributed by atoms with Crippen molar-refractivity contribution in [1.29, 1.82) is 0 Å². The molecular formula is C11H13N3OS2. The van der Waals surface area contributed by atoms with Crippen molar-refractivity contribution in [3.63, 3.8) is 0 Å². The number of hydrogen-bond donors (Lipinski definition) is 2. The molecule has 0 fully saturated rings. The summed E-state index contributed by atoms with van der Waals surface area (Å²) in [6, 6.07) is 9.47. The predicted molar refractivity (Wildman–Crippen MR) is 70.0 cm³/mol. The summed E-state index contributed by atoms with van der Waals surface area (Å²) in [5.41, 5.74) is 7.17. The molecule has 1 unspecified atom stereocenters. The molecule has 17 heavy (non-hydrogen) atoms. The van der Waals surface area contributed by atoms with Crippen LogP contribution in [0.3, 0.4) is 0 Å². The van der Waals surface area contributed by atoms with E-state index in [4.69, 9.17) is 5.73 Å². The largest absolute Gasteiger partial charge is 0.383 e. The van der Waals surface area contributed by atoms with Crippen LogP contribution in [-0.2, 0) is 5.60 Å². The molecule has 0 radical (unpaired) electrons. The quantitative estimate of drug-likeness (QED) is 0.803. The van der Waals surface area contributed by atoms with Crippen LogP contribution in [0.1, 0.15) is 5.56 Å². The van der Waals surface area contributed by atoms with Gasteiger partial charge in [0.05, 0.1) is 0 Å². The van der Waals surface area contributed by atoms with Crippen LogP contribution in [0.5, 0.6) is 0 Å². The van der Waals surface area contributed by atoms with Crippen LogP contribution in [0.4, 0.5) is 0 Å². The summed E-state index contributed by atoms with van der Waals surface area (Å²) in [7, 11) is 0. The summed E-state index contributed by atoms with van der Waals surface area (Å²) in [5.74, 6) is 0.475. The lowest BCUT2D eigenvalue weighted by molar-refractivity contribution is 0.0721. The molecule has 0 aliphatic heterocycles. The Morgan fingerprint density at radius 3 is 2.71 bits per heavy atom. The predicted octanol–water partition coefficient (Wildman–Crippen LogP) is 1.48. The van der Waals surface area contributed by atoms with E-state index in [1.54, 1.807) is 5.51 Å². The van der Waals surface area contributed by atoms with Gasteiger partial charge in [-0.2, -0.15) is 0 Å². The number of benzene rings is 1. The zero-order valence-electron chi connectivity index (χ0n) is 9.11. The zero-order chi connectivity index (χ0) is 12.1. The minimum Gasteiger partial charge on any atom is -0.383 e. The molecule has 0 aliphatic carbocycles. The molecule has 6 heteroatoms. The molecule has 0 saturated heterocycles. The Morgan fingerprint density at radius 1 is 1.35 bits per heavy atom. The van der Waals surface area contributed by atoms with E-state index in [0.29, 0.717) is 5.75 Å². The molecular weight excluding hydrogens is 254 g/mol. The summed E-state index contributed by atoms with van der Waals surface area (Å²) in [4.78, 5) is 0. The van der Waals surface area contributed by atoms with Gasteiger partial charge >= 0.3 is 0 Å². The SMILES string of the molecule is NCC(O)(CSc1nncs1)c1ccccc1. The maximum atomic E-state index is 10.5. The molecule has 1 atom stereocenters. The highest BCUT2D eigenvalue weighted by atomic mass is 32.2. The van der Waals surface area contributed by atoms with Gasteiger partial charge in [0.25, 0.3) is 0 Å². The normalized spacial score (nSPS) is 14.5. The van der Waals surface area contributed by atoms with E-state index in [9.17, 15) is 5.11 Å². The number of aromatic nitrogens is 2. The summed E-state index contributed by atoms with van der Waals surface area (Å²) >= 11 is 2.93. The minimum atomic E-state index is -1.02. The first-order valence-corrected chi connectivity index (χ1v) is 6.98. The van der Waals surface area contributed by atoms with Crippen molar-refractivity contribution in [2.75, 3.05) is 12.3 Å². The third-order valence-electron chi connectivity index (χ3n) is 2.42. The Bertz CT molecular complexity index is 449. The van der Waals surface area contributed by atoms with Crippen molar-refractivity contribution in [2.45, 2.75) is 9.94 Å². The van der Waals surface area contributed by atoms with Crippen LogP contribution in [0.2, 0.25) is 0 Å². The zero-order valence-corrected chi connectivity index (χ0v) is 10.7. The molecule has 0 spiro atoms. The van der Waals surface area contributed by atoms with Crippen LogP contribution in [0, 0.1) is 0 Å². The standard InChI is InChI=1S/C11H13N3OS2/c12-6-11(15,9-4-2-1-3-5-9)7-16-10-14-13-8-17-10/h1-5,8,15H,6-7,12H2. The fraction of sp³-hybridized carbons (Fsp3) is 0.273. The fourth-order valence-corrected chi connectivity index (χ4v) is 3.02. The molecule has 1 heterocycles. The van der Waals surface area contributed by atoms with Gasteiger partial charge in [-0.3, -0.25) is 0 Å². The van der Waals surface area contributed by atoms with Crippen LogP contribution >= 0.6 is 23.1 Å². The lowest BCUT2D eigenvalue weighted by Crippen LogP contribution is -2.37. The monoisotopic (exact) mass is 267 g/mol. The molecule has 3 N–H and O–H groups in total. The van der Waals surface area contributed by atoms with Gasteiger partial charge in [0.15, 0.2) is 4.34 Å². The lowest BCUT2D eigenvalue weighted by atomic mass is 9.96. The van der Waals surface area contributed by atoms with Crippen molar-refractivity contribution in [3.8, 4) is 0 Å². The van der Waals surface area contributed by atoms with Gasteiger partial charge in [0.1, 0.15) is 11.1 Å². The maximum Gasteiger partial charge on any atom is 0.174 e. The van der Waals surface area contributed by atoms with E-state index in [2.05, 4.69) is 10.2 Å².